The number of nitrogens with zero attached hydrogens (tertiary/aromatic N) is 2. The third kappa shape index (κ3) is 3.57. The van der Waals surface area contributed by atoms with Crippen molar-refractivity contribution in [3.8, 4) is 5.88 Å². The van der Waals surface area contributed by atoms with E-state index < -0.39 is 11.9 Å². The van der Waals surface area contributed by atoms with Gasteiger partial charge in [-0.05, 0) is 13.3 Å². The largest absolute Gasteiger partial charge is 0.481 e. The second-order valence-corrected chi connectivity index (χ2v) is 4.75. The summed E-state index contributed by atoms with van der Waals surface area (Å²) < 4.78 is 10.7. The van der Waals surface area contributed by atoms with Gasteiger partial charge < -0.3 is 19.9 Å². The number of rotatable bonds is 6. The summed E-state index contributed by atoms with van der Waals surface area (Å²) >= 11 is 0. The third-order valence-electron chi connectivity index (χ3n) is 3.00. The maximum absolute atomic E-state index is 11.1. The highest BCUT2D eigenvalue weighted by Crippen LogP contribution is 2.19. The van der Waals surface area contributed by atoms with Crippen LogP contribution in [0.25, 0.3) is 0 Å². The number of aryl methyl sites for hydroxylation is 1. The molecule has 0 radical (unpaired) electrons. The summed E-state index contributed by atoms with van der Waals surface area (Å²) in [7, 11) is 0. The van der Waals surface area contributed by atoms with Crippen molar-refractivity contribution in [1.29, 1.82) is 0 Å². The maximum Gasteiger partial charge on any atom is 0.311 e. The van der Waals surface area contributed by atoms with Gasteiger partial charge in [0.25, 0.3) is 0 Å². The lowest BCUT2D eigenvalue weighted by atomic mass is 10.0. The van der Waals surface area contributed by atoms with Crippen molar-refractivity contribution in [2.75, 3.05) is 25.1 Å². The van der Waals surface area contributed by atoms with E-state index >= 15 is 0 Å². The van der Waals surface area contributed by atoms with E-state index in [0.717, 1.165) is 12.1 Å². The van der Waals surface area contributed by atoms with E-state index in [9.17, 15) is 4.79 Å². The number of aliphatic carboxylic acids is 1. The Morgan fingerprint density at radius 2 is 2.35 bits per heavy atom. The number of carboxylic acids is 1. The number of hydrogen-bond acceptors (Lipinski definition) is 6. The van der Waals surface area contributed by atoms with Crippen LogP contribution >= 0.6 is 0 Å². The molecule has 0 amide bonds. The molecule has 0 bridgehead atoms. The number of carbonyl (C=O) groups is 1. The lowest BCUT2D eigenvalue weighted by Gasteiger charge is -2.16. The summed E-state index contributed by atoms with van der Waals surface area (Å²) in [5, 5.41) is 12.1. The number of anilines is 1. The fourth-order valence-corrected chi connectivity index (χ4v) is 1.99. The Morgan fingerprint density at radius 1 is 1.55 bits per heavy atom. The zero-order valence-electron chi connectivity index (χ0n) is 11.6. The Hall–Kier alpha value is -1.89. The van der Waals surface area contributed by atoms with Gasteiger partial charge >= 0.3 is 5.97 Å². The van der Waals surface area contributed by atoms with Crippen LogP contribution in [-0.4, -0.2) is 46.9 Å². The molecule has 1 aliphatic rings. The lowest BCUT2D eigenvalue weighted by molar-refractivity contribution is -0.141. The van der Waals surface area contributed by atoms with Gasteiger partial charge in [-0.3, -0.25) is 4.79 Å². The molecule has 0 spiro atoms. The van der Waals surface area contributed by atoms with Gasteiger partial charge in [-0.2, -0.15) is 4.98 Å². The van der Waals surface area contributed by atoms with E-state index in [1.165, 1.54) is 0 Å². The highest BCUT2D eigenvalue weighted by Gasteiger charge is 2.34. The van der Waals surface area contributed by atoms with E-state index in [2.05, 4.69) is 15.3 Å². The quantitative estimate of drug-likeness (QED) is 0.806. The zero-order chi connectivity index (χ0) is 14.5. The monoisotopic (exact) mass is 281 g/mol. The highest BCUT2D eigenvalue weighted by atomic mass is 16.5. The molecule has 1 aliphatic heterocycles. The number of nitrogens with one attached hydrogen (secondary N) is 1. The molecule has 2 N–H and O–H groups in total. The SMILES string of the molecule is CCCOc1cc(C)nc(NC2COCC2C(=O)O)n1. The maximum atomic E-state index is 11.1. The van der Waals surface area contributed by atoms with Crippen molar-refractivity contribution in [2.24, 2.45) is 5.92 Å². The fraction of sp³-hybridized carbons (Fsp3) is 0.615. The van der Waals surface area contributed by atoms with Gasteiger partial charge in [0.1, 0.15) is 5.92 Å². The first-order valence-electron chi connectivity index (χ1n) is 6.65. The molecular weight excluding hydrogens is 262 g/mol. The molecule has 1 aromatic heterocycles. The minimum Gasteiger partial charge on any atom is -0.481 e. The van der Waals surface area contributed by atoms with Crippen LogP contribution in [0.4, 0.5) is 5.95 Å². The number of aromatic nitrogens is 2. The molecule has 7 heteroatoms. The van der Waals surface area contributed by atoms with E-state index in [1.807, 2.05) is 13.8 Å². The van der Waals surface area contributed by atoms with Crippen LogP contribution in [0.1, 0.15) is 19.0 Å². The average molecular weight is 281 g/mol. The molecule has 1 aromatic rings. The van der Waals surface area contributed by atoms with Gasteiger partial charge in [0, 0.05) is 11.8 Å². The van der Waals surface area contributed by atoms with Crippen molar-refractivity contribution in [2.45, 2.75) is 26.3 Å². The van der Waals surface area contributed by atoms with Crippen LogP contribution in [0.5, 0.6) is 5.88 Å². The summed E-state index contributed by atoms with van der Waals surface area (Å²) in [5.41, 5.74) is 0.763. The van der Waals surface area contributed by atoms with E-state index in [0.29, 0.717) is 25.0 Å². The van der Waals surface area contributed by atoms with Gasteiger partial charge in [0.2, 0.25) is 11.8 Å². The van der Waals surface area contributed by atoms with Gasteiger partial charge in [-0.15, -0.1) is 0 Å². The number of ether oxygens (including phenoxy) is 2. The molecule has 0 aromatic carbocycles. The van der Waals surface area contributed by atoms with Crippen LogP contribution < -0.4 is 10.1 Å². The van der Waals surface area contributed by atoms with Crippen LogP contribution in [0.3, 0.4) is 0 Å². The third-order valence-corrected chi connectivity index (χ3v) is 3.00. The Labute approximate surface area is 117 Å². The van der Waals surface area contributed by atoms with Gasteiger partial charge in [0.15, 0.2) is 0 Å². The molecule has 0 saturated carbocycles. The molecule has 1 fully saturated rings. The summed E-state index contributed by atoms with van der Waals surface area (Å²) in [5.74, 6) is -0.597. The predicted molar refractivity (Wildman–Crippen MR) is 71.9 cm³/mol. The Bertz CT molecular complexity index is 481. The van der Waals surface area contributed by atoms with Crippen LogP contribution in [0, 0.1) is 12.8 Å². The molecule has 2 heterocycles. The van der Waals surface area contributed by atoms with E-state index in [1.54, 1.807) is 6.07 Å². The summed E-state index contributed by atoms with van der Waals surface area (Å²) in [6, 6.07) is 1.43. The van der Waals surface area contributed by atoms with Crippen molar-refractivity contribution in [3.05, 3.63) is 11.8 Å². The first-order valence-corrected chi connectivity index (χ1v) is 6.65. The fourth-order valence-electron chi connectivity index (χ4n) is 1.99. The van der Waals surface area contributed by atoms with Crippen LogP contribution in [0.15, 0.2) is 6.07 Å². The van der Waals surface area contributed by atoms with Crippen molar-refractivity contribution in [3.63, 3.8) is 0 Å². The molecule has 2 unspecified atom stereocenters. The van der Waals surface area contributed by atoms with Crippen molar-refractivity contribution in [1.82, 2.24) is 9.97 Å². The topological polar surface area (TPSA) is 93.6 Å². The predicted octanol–water partition coefficient (Wildman–Crippen LogP) is 1.09. The Kier molecular flexibility index (Phi) is 4.73. The van der Waals surface area contributed by atoms with E-state index in [-0.39, 0.29) is 12.6 Å². The Balaban J connectivity index is 2.08. The molecule has 2 atom stereocenters. The lowest BCUT2D eigenvalue weighted by Crippen LogP contribution is -2.33. The smallest absolute Gasteiger partial charge is 0.311 e. The van der Waals surface area contributed by atoms with Gasteiger partial charge in [0.05, 0.1) is 25.9 Å². The molecule has 20 heavy (non-hydrogen) atoms. The first-order chi connectivity index (χ1) is 9.60. The average Bonchev–Trinajstić information content (AvgIpc) is 2.84. The molecule has 1 saturated heterocycles. The molecule has 2 rings (SSSR count). The minimum absolute atomic E-state index is 0.206. The second kappa shape index (κ2) is 6.51. The first kappa shape index (κ1) is 14.5. The van der Waals surface area contributed by atoms with Crippen molar-refractivity contribution >= 4 is 11.9 Å². The van der Waals surface area contributed by atoms with E-state index in [4.69, 9.17) is 14.6 Å². The van der Waals surface area contributed by atoms with Crippen molar-refractivity contribution < 1.29 is 19.4 Å². The normalized spacial score (nSPS) is 21.7. The molecular formula is C13H19N3O4. The summed E-state index contributed by atoms with van der Waals surface area (Å²) in [6.07, 6.45) is 0.892. The standard InChI is InChI=1S/C13H19N3O4/c1-3-4-20-11-5-8(2)14-13(16-11)15-10-7-19-6-9(10)12(17)18/h5,9-10H,3-4,6-7H2,1-2H3,(H,17,18)(H,14,15,16). The minimum atomic E-state index is -0.880. The van der Waals surface area contributed by atoms with Crippen LogP contribution in [-0.2, 0) is 9.53 Å². The highest BCUT2D eigenvalue weighted by molar-refractivity contribution is 5.72. The van der Waals surface area contributed by atoms with Gasteiger partial charge in [-0.25, -0.2) is 4.98 Å². The number of carboxylic acid groups (broad SMARTS) is 1. The Morgan fingerprint density at radius 3 is 3.05 bits per heavy atom. The molecule has 110 valence electrons. The molecule has 0 aliphatic carbocycles. The van der Waals surface area contributed by atoms with Crippen LogP contribution in [0.2, 0.25) is 0 Å². The summed E-state index contributed by atoms with van der Waals surface area (Å²) in [4.78, 5) is 19.6. The zero-order valence-corrected chi connectivity index (χ0v) is 11.6. The second-order valence-electron chi connectivity index (χ2n) is 4.75. The number of hydrogen-bond donors (Lipinski definition) is 2. The summed E-state index contributed by atoms with van der Waals surface area (Å²) in [6.45, 7) is 4.98. The van der Waals surface area contributed by atoms with Gasteiger partial charge in [-0.1, -0.05) is 6.92 Å². The molecule has 7 nitrogen and oxygen atoms in total.